The second-order valence-corrected chi connectivity index (χ2v) is 3.98. The number of benzene rings is 1. The molecule has 0 saturated carbocycles. The number of amides is 1. The molecule has 0 fully saturated rings. The zero-order valence-corrected chi connectivity index (χ0v) is 9.56. The number of rotatable bonds is 4. The van der Waals surface area contributed by atoms with Crippen LogP contribution in [0.5, 0.6) is 0 Å². The molecule has 1 unspecified atom stereocenters. The number of carbonyl (C=O) groups is 1. The molecule has 0 radical (unpaired) electrons. The number of halogens is 1. The number of aromatic nitrogens is 2. The molecule has 2 rings (SSSR count). The fourth-order valence-electron chi connectivity index (χ4n) is 1.75. The molecular weight excluding hydrogens is 235 g/mol. The molecule has 0 aliphatic heterocycles. The van der Waals surface area contributed by atoms with Crippen molar-refractivity contribution < 1.29 is 9.18 Å². The highest BCUT2D eigenvalue weighted by Gasteiger charge is 2.16. The molecule has 0 aliphatic carbocycles. The van der Waals surface area contributed by atoms with E-state index in [-0.39, 0.29) is 12.2 Å². The smallest absolute Gasteiger partial charge is 0.219 e. The number of hydrogen-bond acceptors (Lipinski definition) is 3. The van der Waals surface area contributed by atoms with Crippen LogP contribution in [0.1, 0.15) is 18.0 Å². The third-order valence-electron chi connectivity index (χ3n) is 2.62. The zero-order chi connectivity index (χ0) is 13.1. The molecular formula is C12H13FN4O. The summed E-state index contributed by atoms with van der Waals surface area (Å²) in [5, 5.41) is 6.69. The van der Waals surface area contributed by atoms with E-state index in [0.717, 1.165) is 5.56 Å². The number of carbonyl (C=O) groups excluding carboxylic acids is 1. The van der Waals surface area contributed by atoms with Crippen LogP contribution in [0.2, 0.25) is 0 Å². The SMILES string of the molecule is NC(=O)CC(N)c1cn[nH]c1-c1ccc(F)cc1. The maximum atomic E-state index is 12.8. The summed E-state index contributed by atoms with van der Waals surface area (Å²) in [4.78, 5) is 10.9. The van der Waals surface area contributed by atoms with Crippen molar-refractivity contribution in [1.29, 1.82) is 0 Å². The molecule has 1 aromatic carbocycles. The fourth-order valence-corrected chi connectivity index (χ4v) is 1.75. The largest absolute Gasteiger partial charge is 0.370 e. The third-order valence-corrected chi connectivity index (χ3v) is 2.62. The van der Waals surface area contributed by atoms with Gasteiger partial charge in [-0.15, -0.1) is 0 Å². The average Bonchev–Trinajstić information content (AvgIpc) is 2.78. The minimum absolute atomic E-state index is 0.0354. The van der Waals surface area contributed by atoms with Gasteiger partial charge in [-0.2, -0.15) is 5.10 Å². The second kappa shape index (κ2) is 4.97. The van der Waals surface area contributed by atoms with Crippen molar-refractivity contribution in [3.63, 3.8) is 0 Å². The Balaban J connectivity index is 2.32. The van der Waals surface area contributed by atoms with Gasteiger partial charge in [0.15, 0.2) is 0 Å². The van der Waals surface area contributed by atoms with Crippen LogP contribution in [-0.2, 0) is 4.79 Å². The highest BCUT2D eigenvalue weighted by Crippen LogP contribution is 2.26. The normalized spacial score (nSPS) is 12.3. The Morgan fingerprint density at radius 1 is 1.39 bits per heavy atom. The van der Waals surface area contributed by atoms with Crippen molar-refractivity contribution >= 4 is 5.91 Å². The minimum atomic E-state index is -0.527. The Morgan fingerprint density at radius 3 is 2.67 bits per heavy atom. The molecule has 0 bridgehead atoms. The molecule has 5 N–H and O–H groups in total. The van der Waals surface area contributed by atoms with E-state index in [9.17, 15) is 9.18 Å². The Bertz CT molecular complexity index is 549. The van der Waals surface area contributed by atoms with Gasteiger partial charge in [0, 0.05) is 23.6 Å². The molecule has 0 saturated heterocycles. The van der Waals surface area contributed by atoms with Crippen molar-refractivity contribution in [3.05, 3.63) is 41.8 Å². The number of hydrogen-bond donors (Lipinski definition) is 3. The monoisotopic (exact) mass is 248 g/mol. The summed E-state index contributed by atoms with van der Waals surface area (Å²) in [6.07, 6.45) is 1.58. The van der Waals surface area contributed by atoms with Gasteiger partial charge in [-0.1, -0.05) is 0 Å². The van der Waals surface area contributed by atoms with Crippen molar-refractivity contribution in [3.8, 4) is 11.3 Å². The number of primary amides is 1. The molecule has 0 spiro atoms. The number of nitrogens with one attached hydrogen (secondary N) is 1. The van der Waals surface area contributed by atoms with Gasteiger partial charge in [-0.25, -0.2) is 4.39 Å². The van der Waals surface area contributed by atoms with E-state index in [4.69, 9.17) is 11.5 Å². The van der Waals surface area contributed by atoms with Gasteiger partial charge in [-0.3, -0.25) is 9.89 Å². The molecule has 1 atom stereocenters. The quantitative estimate of drug-likeness (QED) is 0.755. The van der Waals surface area contributed by atoms with Crippen LogP contribution in [0.3, 0.4) is 0 Å². The highest BCUT2D eigenvalue weighted by molar-refractivity contribution is 5.75. The first kappa shape index (κ1) is 12.3. The molecule has 2 aromatic rings. The lowest BCUT2D eigenvalue weighted by atomic mass is 10.0. The molecule has 5 nitrogen and oxygen atoms in total. The van der Waals surface area contributed by atoms with Crippen molar-refractivity contribution in [2.24, 2.45) is 11.5 Å². The number of nitrogens with two attached hydrogens (primary N) is 2. The van der Waals surface area contributed by atoms with Gasteiger partial charge >= 0.3 is 0 Å². The van der Waals surface area contributed by atoms with Gasteiger partial charge in [-0.05, 0) is 24.3 Å². The molecule has 94 valence electrons. The molecule has 1 aromatic heterocycles. The summed E-state index contributed by atoms with van der Waals surface area (Å²) in [5.41, 5.74) is 13.1. The predicted molar refractivity (Wildman–Crippen MR) is 64.7 cm³/mol. The second-order valence-electron chi connectivity index (χ2n) is 3.98. The zero-order valence-electron chi connectivity index (χ0n) is 9.56. The summed E-state index contributed by atoms with van der Waals surface area (Å²) in [6.45, 7) is 0. The predicted octanol–water partition coefficient (Wildman–Crippen LogP) is 1.09. The highest BCUT2D eigenvalue weighted by atomic mass is 19.1. The number of aromatic amines is 1. The Hall–Kier alpha value is -2.21. The van der Waals surface area contributed by atoms with Gasteiger partial charge in [0.1, 0.15) is 5.82 Å². The van der Waals surface area contributed by atoms with Crippen LogP contribution in [0.4, 0.5) is 4.39 Å². The molecule has 0 aliphatic rings. The summed E-state index contributed by atoms with van der Waals surface area (Å²) in [5.74, 6) is -0.796. The van der Waals surface area contributed by atoms with Gasteiger partial charge in [0.05, 0.1) is 11.9 Å². The molecule has 6 heteroatoms. The summed E-state index contributed by atoms with van der Waals surface area (Å²) in [7, 11) is 0. The van der Waals surface area contributed by atoms with E-state index in [1.54, 1.807) is 18.3 Å². The van der Waals surface area contributed by atoms with Crippen molar-refractivity contribution in [2.45, 2.75) is 12.5 Å². The van der Waals surface area contributed by atoms with E-state index < -0.39 is 11.9 Å². The maximum Gasteiger partial charge on any atom is 0.219 e. The van der Waals surface area contributed by atoms with Crippen LogP contribution in [0.25, 0.3) is 11.3 Å². The van der Waals surface area contributed by atoms with E-state index in [1.807, 2.05) is 0 Å². The Morgan fingerprint density at radius 2 is 2.06 bits per heavy atom. The van der Waals surface area contributed by atoms with Gasteiger partial charge in [0.25, 0.3) is 0 Å². The third kappa shape index (κ3) is 2.54. The van der Waals surface area contributed by atoms with E-state index in [0.29, 0.717) is 11.3 Å². The first-order valence-corrected chi connectivity index (χ1v) is 5.41. The Kier molecular flexibility index (Phi) is 3.38. The van der Waals surface area contributed by atoms with Crippen LogP contribution in [0.15, 0.2) is 30.5 Å². The number of nitrogens with zero attached hydrogens (tertiary/aromatic N) is 1. The summed E-state index contributed by atoms with van der Waals surface area (Å²) >= 11 is 0. The average molecular weight is 248 g/mol. The first-order chi connectivity index (χ1) is 8.58. The lowest BCUT2D eigenvalue weighted by Crippen LogP contribution is -2.20. The minimum Gasteiger partial charge on any atom is -0.370 e. The van der Waals surface area contributed by atoms with Crippen LogP contribution < -0.4 is 11.5 Å². The van der Waals surface area contributed by atoms with E-state index in [1.165, 1.54) is 12.1 Å². The van der Waals surface area contributed by atoms with Crippen LogP contribution >= 0.6 is 0 Å². The fraction of sp³-hybridized carbons (Fsp3) is 0.167. The standard InChI is InChI=1S/C12H13FN4O/c13-8-3-1-7(2-4-8)12-9(6-16-17-12)10(14)5-11(15)18/h1-4,6,10H,5,14H2,(H2,15,18)(H,16,17). The topological polar surface area (TPSA) is 97.8 Å². The summed E-state index contributed by atoms with van der Waals surface area (Å²) < 4.78 is 12.8. The molecule has 18 heavy (non-hydrogen) atoms. The summed E-state index contributed by atoms with van der Waals surface area (Å²) in [6, 6.07) is 5.40. The number of H-pyrrole nitrogens is 1. The first-order valence-electron chi connectivity index (χ1n) is 5.41. The van der Waals surface area contributed by atoms with Crippen molar-refractivity contribution in [1.82, 2.24) is 10.2 Å². The van der Waals surface area contributed by atoms with Gasteiger partial charge in [0.2, 0.25) is 5.91 Å². The van der Waals surface area contributed by atoms with E-state index in [2.05, 4.69) is 10.2 Å². The van der Waals surface area contributed by atoms with Crippen LogP contribution in [0, 0.1) is 5.82 Å². The van der Waals surface area contributed by atoms with E-state index >= 15 is 0 Å². The lowest BCUT2D eigenvalue weighted by molar-refractivity contribution is -0.118. The molecule has 1 amide bonds. The lowest BCUT2D eigenvalue weighted by Gasteiger charge is -2.10. The molecule has 1 heterocycles. The van der Waals surface area contributed by atoms with Gasteiger partial charge < -0.3 is 11.5 Å². The van der Waals surface area contributed by atoms with Crippen LogP contribution in [-0.4, -0.2) is 16.1 Å². The van der Waals surface area contributed by atoms with Crippen molar-refractivity contribution in [2.75, 3.05) is 0 Å². The Labute approximate surface area is 103 Å². The maximum absolute atomic E-state index is 12.8.